The number of aliphatic hydroxyl groups is 1. The van der Waals surface area contributed by atoms with E-state index < -0.39 is 17.7 Å². The molecule has 2 aliphatic rings. The van der Waals surface area contributed by atoms with Gasteiger partial charge in [-0.3, -0.25) is 9.59 Å². The molecule has 3 aromatic carbocycles. The molecule has 42 heavy (non-hydrogen) atoms. The Hall–Kier alpha value is -4.50. The summed E-state index contributed by atoms with van der Waals surface area (Å²) in [5, 5.41) is 11.5. The summed E-state index contributed by atoms with van der Waals surface area (Å²) in [5.74, 6) is 0.340. The molecule has 0 aromatic heterocycles. The number of likely N-dealkylation sites (tertiary alicyclic amines) is 1. The number of nitrogens with zero attached hydrogens (tertiary/aromatic N) is 2. The zero-order chi connectivity index (χ0) is 29.6. The van der Waals surface area contributed by atoms with Gasteiger partial charge in [-0.25, -0.2) is 0 Å². The first-order chi connectivity index (χ1) is 20.4. The lowest BCUT2D eigenvalue weighted by Gasteiger charge is -2.28. The van der Waals surface area contributed by atoms with E-state index in [1.807, 2.05) is 30.3 Å². The van der Waals surface area contributed by atoms with Gasteiger partial charge in [0.2, 0.25) is 0 Å². The van der Waals surface area contributed by atoms with Crippen molar-refractivity contribution < 1.29 is 33.6 Å². The fourth-order valence-electron chi connectivity index (χ4n) is 5.30. The number of carbonyl (C=O) groups excluding carboxylic acids is 2. The van der Waals surface area contributed by atoms with Gasteiger partial charge in [0, 0.05) is 18.7 Å². The van der Waals surface area contributed by atoms with Gasteiger partial charge < -0.3 is 33.9 Å². The number of Topliss-reactive ketones (excluding diaryl/α,β-unsaturated/α-hetero) is 1. The number of rotatable bonds is 11. The molecule has 2 aliphatic heterocycles. The van der Waals surface area contributed by atoms with Crippen molar-refractivity contribution in [1.29, 1.82) is 0 Å². The number of fused-ring (bicyclic) bond motifs is 1. The number of aliphatic hydroxyl groups excluding tert-OH is 1. The van der Waals surface area contributed by atoms with Crippen molar-refractivity contribution in [3.63, 3.8) is 0 Å². The van der Waals surface area contributed by atoms with Gasteiger partial charge in [0.25, 0.3) is 11.7 Å². The number of ketones is 1. The Bertz CT molecular complexity index is 1470. The first-order valence-corrected chi connectivity index (χ1v) is 14.2. The summed E-state index contributed by atoms with van der Waals surface area (Å²) in [6.45, 7) is 7.77. The second-order valence-corrected chi connectivity index (χ2v) is 10.1. The van der Waals surface area contributed by atoms with Crippen LogP contribution in [0.1, 0.15) is 36.6 Å². The summed E-state index contributed by atoms with van der Waals surface area (Å²) >= 11 is 0. The van der Waals surface area contributed by atoms with Gasteiger partial charge in [-0.05, 0) is 54.5 Å². The van der Waals surface area contributed by atoms with Crippen molar-refractivity contribution in [3.8, 4) is 23.0 Å². The van der Waals surface area contributed by atoms with Crippen LogP contribution in [-0.4, -0.2) is 73.1 Å². The van der Waals surface area contributed by atoms with Gasteiger partial charge in [-0.1, -0.05) is 50.2 Å². The van der Waals surface area contributed by atoms with E-state index >= 15 is 0 Å². The zero-order valence-corrected chi connectivity index (χ0v) is 24.2. The predicted octanol–water partition coefficient (Wildman–Crippen LogP) is 4.81. The number of ether oxygens (including phenoxy) is 4. The monoisotopic (exact) mass is 572 g/mol. The minimum Gasteiger partial charge on any atom is -0.507 e. The highest BCUT2D eigenvalue weighted by Crippen LogP contribution is 2.43. The van der Waals surface area contributed by atoms with Crippen molar-refractivity contribution in [2.24, 2.45) is 0 Å². The molecule has 5 rings (SSSR count). The number of amides is 1. The van der Waals surface area contributed by atoms with Crippen molar-refractivity contribution in [3.05, 3.63) is 89.0 Å². The SMILES string of the molecule is CCN(CC)CCN1C(=O)C(=O)C(=C(O)c2ccc3c(c2)OCCO3)C1c1ccc(OCc2ccccc2)c(OC)c1. The minimum atomic E-state index is -0.828. The van der Waals surface area contributed by atoms with Crippen LogP contribution in [0.25, 0.3) is 5.76 Å². The first-order valence-electron chi connectivity index (χ1n) is 14.2. The molecule has 9 heteroatoms. The van der Waals surface area contributed by atoms with Crippen LogP contribution in [0.3, 0.4) is 0 Å². The Morgan fingerprint density at radius 1 is 0.952 bits per heavy atom. The molecule has 1 amide bonds. The number of hydrogen-bond donors (Lipinski definition) is 1. The molecule has 0 saturated carbocycles. The van der Waals surface area contributed by atoms with Crippen LogP contribution in [-0.2, 0) is 16.2 Å². The lowest BCUT2D eigenvalue weighted by molar-refractivity contribution is -0.140. The highest BCUT2D eigenvalue weighted by Gasteiger charge is 2.46. The third kappa shape index (κ3) is 5.92. The Balaban J connectivity index is 1.54. The normalized spacial score (nSPS) is 17.5. The average Bonchev–Trinajstić information content (AvgIpc) is 3.29. The van der Waals surface area contributed by atoms with E-state index in [-0.39, 0.29) is 11.3 Å². The third-order valence-corrected chi connectivity index (χ3v) is 7.65. The third-order valence-electron chi connectivity index (χ3n) is 7.65. The van der Waals surface area contributed by atoms with E-state index in [1.54, 1.807) is 43.5 Å². The standard InChI is InChI=1S/C33H36N2O7/c1-4-34(5-2)15-16-35-30(23-11-13-25(27(19-23)39-3)42-21-22-9-7-6-8-10-22)29(32(37)33(35)38)31(36)24-12-14-26-28(20-24)41-18-17-40-26/h6-14,19-20,30,36H,4-5,15-18,21H2,1-3H3. The maximum Gasteiger partial charge on any atom is 0.295 e. The fourth-order valence-corrected chi connectivity index (χ4v) is 5.30. The van der Waals surface area contributed by atoms with Crippen LogP contribution in [0.2, 0.25) is 0 Å². The van der Waals surface area contributed by atoms with Crippen molar-refractivity contribution in [1.82, 2.24) is 9.80 Å². The number of likely N-dealkylation sites (N-methyl/N-ethyl adjacent to an activating group) is 1. The van der Waals surface area contributed by atoms with Crippen LogP contribution in [0.15, 0.2) is 72.3 Å². The molecule has 0 spiro atoms. The van der Waals surface area contributed by atoms with E-state index in [0.29, 0.717) is 67.0 Å². The van der Waals surface area contributed by atoms with Crippen molar-refractivity contribution in [2.45, 2.75) is 26.5 Å². The minimum absolute atomic E-state index is 0.0104. The second-order valence-electron chi connectivity index (χ2n) is 10.1. The topological polar surface area (TPSA) is 97.8 Å². The fraction of sp³-hybridized carbons (Fsp3) is 0.333. The summed E-state index contributed by atoms with van der Waals surface area (Å²) in [7, 11) is 1.54. The molecule has 0 radical (unpaired) electrons. The van der Waals surface area contributed by atoms with Gasteiger partial charge in [-0.15, -0.1) is 0 Å². The van der Waals surface area contributed by atoms with Gasteiger partial charge in [0.15, 0.2) is 23.0 Å². The van der Waals surface area contributed by atoms with Gasteiger partial charge in [-0.2, -0.15) is 0 Å². The molecule has 0 aliphatic carbocycles. The smallest absolute Gasteiger partial charge is 0.295 e. The van der Waals surface area contributed by atoms with Crippen LogP contribution in [0.4, 0.5) is 0 Å². The largest absolute Gasteiger partial charge is 0.507 e. The number of benzene rings is 3. The molecular weight excluding hydrogens is 536 g/mol. The van der Waals surface area contributed by atoms with Crippen molar-refractivity contribution >= 4 is 17.4 Å². The van der Waals surface area contributed by atoms with E-state index in [2.05, 4.69) is 18.7 Å². The van der Waals surface area contributed by atoms with Crippen LogP contribution >= 0.6 is 0 Å². The lowest BCUT2D eigenvalue weighted by Crippen LogP contribution is -2.38. The Morgan fingerprint density at radius 2 is 1.69 bits per heavy atom. The van der Waals surface area contributed by atoms with E-state index in [4.69, 9.17) is 18.9 Å². The molecule has 9 nitrogen and oxygen atoms in total. The molecule has 1 fully saturated rings. The highest BCUT2D eigenvalue weighted by atomic mass is 16.6. The van der Waals surface area contributed by atoms with Crippen LogP contribution < -0.4 is 18.9 Å². The second kappa shape index (κ2) is 13.0. The Labute approximate surface area is 245 Å². The predicted molar refractivity (Wildman–Crippen MR) is 158 cm³/mol. The maximum atomic E-state index is 13.5. The summed E-state index contributed by atoms with van der Waals surface area (Å²) < 4.78 is 23.0. The summed E-state index contributed by atoms with van der Waals surface area (Å²) in [6, 6.07) is 19.3. The molecule has 1 saturated heterocycles. The van der Waals surface area contributed by atoms with Crippen LogP contribution in [0, 0.1) is 0 Å². The summed E-state index contributed by atoms with van der Waals surface area (Å²) in [6.07, 6.45) is 0. The lowest BCUT2D eigenvalue weighted by atomic mass is 9.94. The molecule has 2 heterocycles. The molecule has 1 atom stereocenters. The van der Waals surface area contributed by atoms with Crippen LogP contribution in [0.5, 0.6) is 23.0 Å². The van der Waals surface area contributed by atoms with Crippen molar-refractivity contribution in [2.75, 3.05) is 46.5 Å². The van der Waals surface area contributed by atoms with Gasteiger partial charge >= 0.3 is 0 Å². The van der Waals surface area contributed by atoms with E-state index in [0.717, 1.165) is 18.7 Å². The molecule has 1 N–H and O–H groups in total. The van der Waals surface area contributed by atoms with Gasteiger partial charge in [0.05, 0.1) is 18.7 Å². The zero-order valence-electron chi connectivity index (χ0n) is 24.2. The maximum absolute atomic E-state index is 13.5. The van der Waals surface area contributed by atoms with E-state index in [9.17, 15) is 14.7 Å². The molecule has 3 aromatic rings. The highest BCUT2D eigenvalue weighted by molar-refractivity contribution is 6.46. The quantitative estimate of drug-likeness (QED) is 0.199. The molecular formula is C33H36N2O7. The van der Waals surface area contributed by atoms with E-state index in [1.165, 1.54) is 4.90 Å². The molecule has 1 unspecified atom stereocenters. The molecule has 0 bridgehead atoms. The average molecular weight is 573 g/mol. The molecule has 220 valence electrons. The van der Waals surface area contributed by atoms with Gasteiger partial charge in [0.1, 0.15) is 25.6 Å². The number of carbonyl (C=O) groups is 2. The number of methoxy groups -OCH3 is 1. The first kappa shape index (κ1) is 29.0. The summed E-state index contributed by atoms with van der Waals surface area (Å²) in [5.41, 5.74) is 2.00. The Morgan fingerprint density at radius 3 is 2.40 bits per heavy atom. The Kier molecular flexibility index (Phi) is 8.97. The number of hydrogen-bond acceptors (Lipinski definition) is 8. The summed E-state index contributed by atoms with van der Waals surface area (Å²) in [4.78, 5) is 30.7.